The fourth-order valence-corrected chi connectivity index (χ4v) is 0.168. The molecule has 0 aliphatic carbocycles. The van der Waals surface area contributed by atoms with Gasteiger partial charge in [0, 0.05) is 0 Å². The Morgan fingerprint density at radius 2 is 1.17 bits per heavy atom. The Kier molecular flexibility index (Phi) is 4.96. The van der Waals surface area contributed by atoms with Crippen molar-refractivity contribution >= 4 is 17.4 Å². The van der Waals surface area contributed by atoms with Crippen LogP contribution in [0.1, 0.15) is 0 Å². The van der Waals surface area contributed by atoms with Crippen molar-refractivity contribution in [1.29, 1.82) is 0 Å². The number of hydrogen-bond donors (Lipinski definition) is 0. The Labute approximate surface area is 41.3 Å². The molecule has 2 heteroatoms. The first-order chi connectivity index (χ1) is 2.91. The molecule has 0 N–H and O–H groups in total. The van der Waals surface area contributed by atoms with Crippen LogP contribution in [0.3, 0.4) is 0 Å². The number of rotatable bonds is 0. The SMILES string of the molecule is P#CC#CC#P. The average Bonchev–Trinajstić information content (AvgIpc) is 1.61. The summed E-state index contributed by atoms with van der Waals surface area (Å²) < 4.78 is 0. The Bertz CT molecular complexity index is 139. The molecule has 0 fully saturated rings. The van der Waals surface area contributed by atoms with Crippen LogP contribution in [-0.2, 0) is 0 Å². The van der Waals surface area contributed by atoms with E-state index in [1.807, 2.05) is 0 Å². The summed E-state index contributed by atoms with van der Waals surface area (Å²) >= 11 is 0. The molecule has 0 saturated carbocycles. The molecule has 0 aromatic carbocycles. The van der Waals surface area contributed by atoms with Gasteiger partial charge in [0.05, 0.1) is 0 Å². The van der Waals surface area contributed by atoms with Crippen molar-refractivity contribution in [3.63, 3.8) is 0 Å². The van der Waals surface area contributed by atoms with Crippen LogP contribution < -0.4 is 0 Å². The molecule has 0 radical (unpaired) electrons. The van der Waals surface area contributed by atoms with Gasteiger partial charge in [0.25, 0.3) is 0 Å². The van der Waals surface area contributed by atoms with Gasteiger partial charge in [0.2, 0.25) is 0 Å². The third-order valence-electron chi connectivity index (χ3n) is 0.174. The molecule has 0 atom stereocenters. The van der Waals surface area contributed by atoms with Gasteiger partial charge in [0.15, 0.2) is 0 Å². The van der Waals surface area contributed by atoms with Crippen molar-refractivity contribution in [3.8, 4) is 23.1 Å². The molecule has 6 heavy (non-hydrogen) atoms. The van der Waals surface area contributed by atoms with Gasteiger partial charge >= 0.3 is 40.5 Å². The van der Waals surface area contributed by atoms with E-state index in [4.69, 9.17) is 0 Å². The summed E-state index contributed by atoms with van der Waals surface area (Å²) in [6, 6.07) is 0. The van der Waals surface area contributed by atoms with E-state index >= 15 is 0 Å². The maximum absolute atomic E-state index is 3.56. The molecule has 0 unspecified atom stereocenters. The second kappa shape index (κ2) is 4.98. The van der Waals surface area contributed by atoms with Crippen LogP contribution in [0, 0.1) is 23.1 Å². The van der Waals surface area contributed by atoms with E-state index in [0.717, 1.165) is 0 Å². The van der Waals surface area contributed by atoms with Crippen molar-refractivity contribution in [2.24, 2.45) is 0 Å². The van der Waals surface area contributed by atoms with E-state index in [1.54, 1.807) is 0 Å². The summed E-state index contributed by atoms with van der Waals surface area (Å²) in [5, 5.41) is 0. The molecule has 0 aromatic rings. The monoisotopic (exact) mass is 110 g/mol. The first-order valence-corrected chi connectivity index (χ1v) is 2.09. The minimum absolute atomic E-state index is 2.29. The van der Waals surface area contributed by atoms with E-state index in [0.29, 0.717) is 0 Å². The van der Waals surface area contributed by atoms with E-state index in [-0.39, 0.29) is 0 Å². The molecule has 0 aliphatic heterocycles. The van der Waals surface area contributed by atoms with Gasteiger partial charge < -0.3 is 0 Å². The van der Waals surface area contributed by atoms with Crippen LogP contribution in [0.5, 0.6) is 0 Å². The quantitative estimate of drug-likeness (QED) is 0.329. The van der Waals surface area contributed by atoms with Crippen molar-refractivity contribution in [2.75, 3.05) is 0 Å². The van der Waals surface area contributed by atoms with E-state index < -0.39 is 0 Å². The molecule has 26 valence electrons. The summed E-state index contributed by atoms with van der Waals surface area (Å²) in [5.74, 6) is 4.75. The summed E-state index contributed by atoms with van der Waals surface area (Å²) in [7, 11) is 7.11. The fourth-order valence-electron chi connectivity index (χ4n) is 0.0559. The van der Waals surface area contributed by atoms with Gasteiger partial charge in [-0.15, -0.1) is 0 Å². The minimum atomic E-state index is 2.29. The predicted molar refractivity (Wildman–Crippen MR) is 29.4 cm³/mol. The molecule has 0 rings (SSSR count). The van der Waals surface area contributed by atoms with Crippen molar-refractivity contribution in [3.05, 3.63) is 0 Å². The summed E-state index contributed by atoms with van der Waals surface area (Å²) in [6.45, 7) is 0. The molecular weight excluding hydrogens is 110 g/mol. The fraction of sp³-hybridized carbons (Fsp3) is 0. The zero-order valence-electron chi connectivity index (χ0n) is 2.89. The van der Waals surface area contributed by atoms with Gasteiger partial charge in [-0.25, -0.2) is 0 Å². The van der Waals surface area contributed by atoms with Crippen molar-refractivity contribution < 1.29 is 0 Å². The Morgan fingerprint density at radius 3 is 1.33 bits per heavy atom. The molecule has 0 amide bonds. The van der Waals surface area contributed by atoms with E-state index in [2.05, 4.69) is 40.5 Å². The van der Waals surface area contributed by atoms with E-state index in [9.17, 15) is 0 Å². The third kappa shape index (κ3) is 3.98. The Morgan fingerprint density at radius 1 is 0.833 bits per heavy atom. The molecule has 0 nitrogen and oxygen atoms in total. The molecule has 0 bridgehead atoms. The molecule has 0 aliphatic rings. The van der Waals surface area contributed by atoms with Gasteiger partial charge in [-0.05, 0) is 0 Å². The summed E-state index contributed by atoms with van der Waals surface area (Å²) in [6.07, 6.45) is 0. The molecule has 0 heterocycles. The van der Waals surface area contributed by atoms with Crippen LogP contribution in [0.15, 0.2) is 0 Å². The molecule has 0 spiro atoms. The molecule has 0 saturated heterocycles. The Hall–Kier alpha value is -0.0200. The van der Waals surface area contributed by atoms with Gasteiger partial charge in [0.1, 0.15) is 0 Å². The second-order valence-corrected chi connectivity index (χ2v) is 0.921. The second-order valence-electron chi connectivity index (χ2n) is 0.474. The summed E-state index contributed by atoms with van der Waals surface area (Å²) in [5.41, 5.74) is 4.58. The predicted octanol–water partition coefficient (Wildman–Crippen LogP) is 1.73. The average molecular weight is 110 g/mol. The zero-order chi connectivity index (χ0) is 4.83. The van der Waals surface area contributed by atoms with Crippen molar-refractivity contribution in [1.82, 2.24) is 0 Å². The van der Waals surface area contributed by atoms with Gasteiger partial charge in [-0.3, -0.25) is 0 Å². The van der Waals surface area contributed by atoms with Gasteiger partial charge in [-0.2, -0.15) is 0 Å². The zero-order valence-corrected chi connectivity index (χ0v) is 4.68. The normalized spacial score (nSPS) is 3.00. The topological polar surface area (TPSA) is 0 Å². The van der Waals surface area contributed by atoms with Crippen molar-refractivity contribution in [2.45, 2.75) is 0 Å². The molecule has 0 aromatic heterocycles. The van der Waals surface area contributed by atoms with Crippen LogP contribution in [0.25, 0.3) is 0 Å². The number of hydrogen-bond acceptors (Lipinski definition) is 0. The van der Waals surface area contributed by atoms with Crippen LogP contribution in [0.2, 0.25) is 0 Å². The maximum atomic E-state index is 3.56. The summed E-state index contributed by atoms with van der Waals surface area (Å²) in [4.78, 5) is 0. The third-order valence-corrected chi connectivity index (χ3v) is 0.398. The van der Waals surface area contributed by atoms with Gasteiger partial charge in [-0.1, -0.05) is 0 Å². The first-order valence-electron chi connectivity index (χ1n) is 1.20. The molecular formula is C4P2. The Balaban J connectivity index is 3.60. The van der Waals surface area contributed by atoms with E-state index in [1.165, 1.54) is 0 Å². The standard InChI is InChI=1S/C4P2/c5-3-1-2-4-6. The van der Waals surface area contributed by atoms with Crippen LogP contribution >= 0.6 is 17.4 Å². The first kappa shape index (κ1) is 5.98. The van der Waals surface area contributed by atoms with Crippen LogP contribution in [0.4, 0.5) is 0 Å². The van der Waals surface area contributed by atoms with Crippen LogP contribution in [-0.4, -0.2) is 0 Å².